The van der Waals surface area contributed by atoms with Crippen LogP contribution < -0.4 is 5.32 Å². The first-order valence-electron chi connectivity index (χ1n) is 8.30. The van der Waals surface area contributed by atoms with E-state index in [0.717, 1.165) is 10.6 Å². The molecule has 0 amide bonds. The Morgan fingerprint density at radius 3 is 2.31 bits per heavy atom. The molecule has 7 heteroatoms. The van der Waals surface area contributed by atoms with E-state index in [4.69, 9.17) is 21.7 Å². The molecule has 26 heavy (non-hydrogen) atoms. The Kier molecular flexibility index (Phi) is 6.50. The van der Waals surface area contributed by atoms with Crippen LogP contribution in [0.15, 0.2) is 65.6 Å². The molecular weight excluding hydrogens is 370 g/mol. The van der Waals surface area contributed by atoms with Gasteiger partial charge in [0.2, 0.25) is 0 Å². The quantitative estimate of drug-likeness (QED) is 0.692. The molecule has 1 heterocycles. The van der Waals surface area contributed by atoms with Gasteiger partial charge in [-0.15, -0.1) is 0 Å². The van der Waals surface area contributed by atoms with Gasteiger partial charge in [-0.3, -0.25) is 0 Å². The summed E-state index contributed by atoms with van der Waals surface area (Å²) in [5.74, 6) is 0. The van der Waals surface area contributed by atoms with E-state index in [1.807, 2.05) is 60.7 Å². The highest BCUT2D eigenvalue weighted by molar-refractivity contribution is 7.99. The van der Waals surface area contributed by atoms with Crippen molar-refractivity contribution in [3.63, 3.8) is 0 Å². The standard InChI is InChI=1S/C19H21NO4S2/c1-12-15(21)17(24-19(25)20-13-8-4-2-5-9-13)16(22)18(23-12)26-14-10-6-3-7-11-14/h2-12,15-18,21-22H,1H3,(H,20,25)/t12-,15+,16-,17+,18+/m0/s1. The molecule has 0 unspecified atom stereocenters. The van der Waals surface area contributed by atoms with Crippen molar-refractivity contribution in [2.24, 2.45) is 0 Å². The number of ether oxygens (including phenoxy) is 2. The van der Waals surface area contributed by atoms with Gasteiger partial charge in [0.15, 0.2) is 6.10 Å². The molecule has 1 aliphatic heterocycles. The molecule has 0 bridgehead atoms. The average molecular weight is 392 g/mol. The number of thiocarbonyl (C=S) groups is 1. The SMILES string of the molecule is C[C@@H]1O[C@H](Sc2ccccc2)[C@@H](O)[C@H](OC(=S)Nc2ccccc2)[C@@H]1O. The molecule has 1 aliphatic rings. The molecule has 3 rings (SSSR count). The second-order valence-corrected chi connectivity index (χ2v) is 7.53. The maximum Gasteiger partial charge on any atom is 0.261 e. The molecule has 0 spiro atoms. The lowest BCUT2D eigenvalue weighted by atomic mass is 10.0. The van der Waals surface area contributed by atoms with E-state index in [-0.39, 0.29) is 5.17 Å². The van der Waals surface area contributed by atoms with Crippen molar-refractivity contribution >= 4 is 34.8 Å². The summed E-state index contributed by atoms with van der Waals surface area (Å²) in [7, 11) is 0. The maximum absolute atomic E-state index is 10.7. The second kappa shape index (κ2) is 8.83. The fourth-order valence-electron chi connectivity index (χ4n) is 2.66. The molecule has 0 saturated carbocycles. The van der Waals surface area contributed by atoms with Crippen LogP contribution in [-0.4, -0.2) is 45.2 Å². The highest BCUT2D eigenvalue weighted by Crippen LogP contribution is 2.34. The number of thioether (sulfide) groups is 1. The summed E-state index contributed by atoms with van der Waals surface area (Å²) in [6.45, 7) is 1.75. The van der Waals surface area contributed by atoms with Crippen LogP contribution >= 0.6 is 24.0 Å². The van der Waals surface area contributed by atoms with Crippen molar-refractivity contribution in [1.82, 2.24) is 0 Å². The minimum Gasteiger partial charge on any atom is -0.462 e. The van der Waals surface area contributed by atoms with Crippen molar-refractivity contribution in [2.75, 3.05) is 5.32 Å². The Morgan fingerprint density at radius 1 is 1.04 bits per heavy atom. The average Bonchev–Trinajstić information content (AvgIpc) is 2.65. The Bertz CT molecular complexity index is 716. The van der Waals surface area contributed by atoms with Gasteiger partial charge in [0.1, 0.15) is 17.6 Å². The summed E-state index contributed by atoms with van der Waals surface area (Å²) < 4.78 is 11.4. The number of rotatable bonds is 4. The minimum absolute atomic E-state index is 0.0943. The van der Waals surface area contributed by atoms with Gasteiger partial charge in [-0.2, -0.15) is 0 Å². The third kappa shape index (κ3) is 4.75. The minimum atomic E-state index is -1.04. The van der Waals surface area contributed by atoms with Gasteiger partial charge in [-0.05, 0) is 43.4 Å². The zero-order valence-electron chi connectivity index (χ0n) is 14.2. The molecule has 2 aromatic carbocycles. The summed E-state index contributed by atoms with van der Waals surface area (Å²) in [6, 6.07) is 19.0. The first-order valence-corrected chi connectivity index (χ1v) is 9.59. The van der Waals surface area contributed by atoms with Gasteiger partial charge in [-0.25, -0.2) is 0 Å². The van der Waals surface area contributed by atoms with Gasteiger partial charge < -0.3 is 25.0 Å². The van der Waals surface area contributed by atoms with Crippen molar-refractivity contribution in [1.29, 1.82) is 0 Å². The van der Waals surface area contributed by atoms with E-state index in [2.05, 4.69) is 5.32 Å². The summed E-state index contributed by atoms with van der Waals surface area (Å²) in [5.41, 5.74) is 0.206. The van der Waals surface area contributed by atoms with Crippen LogP contribution in [0.5, 0.6) is 0 Å². The Morgan fingerprint density at radius 2 is 1.65 bits per heavy atom. The molecule has 5 nitrogen and oxygen atoms in total. The van der Waals surface area contributed by atoms with Crippen molar-refractivity contribution in [3.8, 4) is 0 Å². The van der Waals surface area contributed by atoms with Crippen LogP contribution in [0, 0.1) is 0 Å². The van der Waals surface area contributed by atoms with E-state index < -0.39 is 29.9 Å². The third-order valence-corrected chi connectivity index (χ3v) is 5.41. The number of anilines is 1. The zero-order valence-corrected chi connectivity index (χ0v) is 15.8. The smallest absolute Gasteiger partial charge is 0.261 e. The number of benzene rings is 2. The molecule has 1 saturated heterocycles. The van der Waals surface area contributed by atoms with E-state index in [9.17, 15) is 10.2 Å². The van der Waals surface area contributed by atoms with Crippen molar-refractivity contribution in [2.45, 2.75) is 41.7 Å². The van der Waals surface area contributed by atoms with Gasteiger partial charge in [-0.1, -0.05) is 48.2 Å². The Labute approximate surface area is 162 Å². The highest BCUT2D eigenvalue weighted by atomic mass is 32.2. The van der Waals surface area contributed by atoms with Crippen LogP contribution in [0.2, 0.25) is 0 Å². The number of hydrogen-bond acceptors (Lipinski definition) is 6. The maximum atomic E-state index is 10.7. The largest absolute Gasteiger partial charge is 0.462 e. The van der Waals surface area contributed by atoms with E-state index in [0.29, 0.717) is 0 Å². The molecule has 138 valence electrons. The van der Waals surface area contributed by atoms with Gasteiger partial charge in [0.05, 0.1) is 6.10 Å². The number of aliphatic hydroxyl groups is 2. The number of aliphatic hydroxyl groups excluding tert-OH is 2. The number of nitrogens with one attached hydrogen (secondary N) is 1. The van der Waals surface area contributed by atoms with Crippen LogP contribution in [-0.2, 0) is 9.47 Å². The summed E-state index contributed by atoms with van der Waals surface area (Å²) >= 11 is 6.61. The zero-order chi connectivity index (χ0) is 18.5. The number of hydrogen-bond donors (Lipinski definition) is 3. The lowest BCUT2D eigenvalue weighted by Crippen LogP contribution is -2.57. The number of para-hydroxylation sites is 1. The Hall–Kier alpha value is -1.64. The van der Waals surface area contributed by atoms with Crippen LogP contribution in [0.1, 0.15) is 6.92 Å². The predicted molar refractivity (Wildman–Crippen MR) is 106 cm³/mol. The van der Waals surface area contributed by atoms with E-state index in [1.54, 1.807) is 6.92 Å². The fraction of sp³-hybridized carbons (Fsp3) is 0.316. The lowest BCUT2D eigenvalue weighted by Gasteiger charge is -2.41. The fourth-order valence-corrected chi connectivity index (χ4v) is 4.00. The first-order chi connectivity index (χ1) is 12.5. The normalized spacial score (nSPS) is 28.3. The first kappa shape index (κ1) is 19.1. The summed E-state index contributed by atoms with van der Waals surface area (Å²) in [4.78, 5) is 0.962. The molecule has 0 aromatic heterocycles. The van der Waals surface area contributed by atoms with Crippen molar-refractivity contribution < 1.29 is 19.7 Å². The second-order valence-electron chi connectivity index (χ2n) is 5.98. The van der Waals surface area contributed by atoms with E-state index >= 15 is 0 Å². The Balaban J connectivity index is 1.67. The molecule has 3 N–H and O–H groups in total. The molecule has 0 radical (unpaired) electrons. The van der Waals surface area contributed by atoms with Gasteiger partial charge >= 0.3 is 0 Å². The topological polar surface area (TPSA) is 71.0 Å². The molecular formula is C19H21NO4S2. The van der Waals surface area contributed by atoms with Crippen LogP contribution in [0.25, 0.3) is 0 Å². The molecule has 1 fully saturated rings. The predicted octanol–water partition coefficient (Wildman–Crippen LogP) is 3.03. The van der Waals surface area contributed by atoms with E-state index in [1.165, 1.54) is 11.8 Å². The molecule has 5 atom stereocenters. The van der Waals surface area contributed by atoms with Gasteiger partial charge in [0, 0.05) is 10.6 Å². The summed E-state index contributed by atoms with van der Waals surface area (Å²) in [5, 5.41) is 24.1. The van der Waals surface area contributed by atoms with Crippen molar-refractivity contribution in [3.05, 3.63) is 60.7 Å². The summed E-state index contributed by atoms with van der Waals surface area (Å²) in [6.07, 6.45) is -3.41. The molecule has 2 aromatic rings. The molecule has 0 aliphatic carbocycles. The van der Waals surface area contributed by atoms with Crippen LogP contribution in [0.3, 0.4) is 0 Å². The monoisotopic (exact) mass is 391 g/mol. The third-order valence-electron chi connectivity index (χ3n) is 4.04. The lowest BCUT2D eigenvalue weighted by molar-refractivity contribution is -0.187. The van der Waals surface area contributed by atoms with Gasteiger partial charge in [0.25, 0.3) is 5.17 Å². The van der Waals surface area contributed by atoms with Crippen LogP contribution in [0.4, 0.5) is 5.69 Å². The highest BCUT2D eigenvalue weighted by Gasteiger charge is 2.45.